The first-order chi connectivity index (χ1) is 8.99. The van der Waals surface area contributed by atoms with Crippen LogP contribution in [0.25, 0.3) is 0 Å². The van der Waals surface area contributed by atoms with Gasteiger partial charge in [0.1, 0.15) is 5.82 Å². The van der Waals surface area contributed by atoms with Gasteiger partial charge in [-0.3, -0.25) is 0 Å². The van der Waals surface area contributed by atoms with E-state index >= 15 is 0 Å². The Labute approximate surface area is 134 Å². The van der Waals surface area contributed by atoms with Crippen LogP contribution < -0.4 is 0 Å². The Morgan fingerprint density at radius 1 is 1.05 bits per heavy atom. The summed E-state index contributed by atoms with van der Waals surface area (Å²) in [6.07, 6.45) is 0.639. The van der Waals surface area contributed by atoms with Crippen molar-refractivity contribution in [2.75, 3.05) is 0 Å². The Bertz CT molecular complexity index is 601. The molecule has 0 aromatic heterocycles. The number of benzene rings is 2. The van der Waals surface area contributed by atoms with E-state index in [4.69, 9.17) is 34.8 Å². The quantitative estimate of drug-likeness (QED) is 0.534. The fourth-order valence-electron chi connectivity index (χ4n) is 1.75. The van der Waals surface area contributed by atoms with Crippen molar-refractivity contribution in [3.8, 4) is 0 Å². The first-order valence-corrected chi connectivity index (χ1v) is 7.56. The Kier molecular flexibility index (Phi) is 5.13. The van der Waals surface area contributed by atoms with Crippen LogP contribution in [-0.2, 0) is 6.42 Å². The van der Waals surface area contributed by atoms with Crippen LogP contribution in [0, 0.1) is 5.82 Å². The van der Waals surface area contributed by atoms with Crippen molar-refractivity contribution in [3.63, 3.8) is 0 Å². The first-order valence-electron chi connectivity index (χ1n) is 5.51. The fourth-order valence-corrected chi connectivity index (χ4v) is 3.21. The maximum atomic E-state index is 13.4. The molecular formula is C14H9BrCl3F. The van der Waals surface area contributed by atoms with E-state index in [9.17, 15) is 4.39 Å². The predicted octanol–water partition coefficient (Wildman–Crippen LogP) is 6.46. The average Bonchev–Trinajstić information content (AvgIpc) is 2.37. The van der Waals surface area contributed by atoms with Crippen LogP contribution >= 0.6 is 50.7 Å². The van der Waals surface area contributed by atoms with Crippen LogP contribution in [-0.4, -0.2) is 0 Å². The molecule has 0 aliphatic rings. The van der Waals surface area contributed by atoms with E-state index in [1.165, 1.54) is 6.07 Å². The van der Waals surface area contributed by atoms with Gasteiger partial charge in [-0.05, 0) is 35.7 Å². The molecule has 0 nitrogen and oxygen atoms in total. The molecule has 0 bridgehead atoms. The molecule has 0 aliphatic heterocycles. The summed E-state index contributed by atoms with van der Waals surface area (Å²) in [4.78, 5) is -0.0899. The smallest absolute Gasteiger partial charge is 0.142 e. The summed E-state index contributed by atoms with van der Waals surface area (Å²) in [7, 11) is 0. The van der Waals surface area contributed by atoms with E-state index < -0.39 is 5.82 Å². The van der Waals surface area contributed by atoms with Crippen LogP contribution in [0.15, 0.2) is 36.4 Å². The van der Waals surface area contributed by atoms with E-state index in [0.29, 0.717) is 22.0 Å². The van der Waals surface area contributed by atoms with Crippen molar-refractivity contribution in [3.05, 3.63) is 68.4 Å². The molecule has 2 aromatic rings. The van der Waals surface area contributed by atoms with E-state index in [2.05, 4.69) is 15.9 Å². The summed E-state index contributed by atoms with van der Waals surface area (Å²) in [5.74, 6) is -0.419. The zero-order valence-electron chi connectivity index (χ0n) is 9.64. The molecule has 0 spiro atoms. The van der Waals surface area contributed by atoms with E-state index in [1.807, 2.05) is 6.07 Å². The molecule has 100 valence electrons. The maximum Gasteiger partial charge on any atom is 0.142 e. The lowest BCUT2D eigenvalue weighted by molar-refractivity contribution is 0.625. The molecule has 0 aliphatic carbocycles. The second-order valence-corrected chi connectivity index (χ2v) is 6.36. The van der Waals surface area contributed by atoms with E-state index in [1.54, 1.807) is 24.3 Å². The van der Waals surface area contributed by atoms with E-state index in [0.717, 1.165) is 5.56 Å². The van der Waals surface area contributed by atoms with Gasteiger partial charge in [-0.2, -0.15) is 0 Å². The third-order valence-corrected chi connectivity index (χ3v) is 4.67. The van der Waals surface area contributed by atoms with Crippen LogP contribution in [0.2, 0.25) is 15.1 Å². The highest BCUT2D eigenvalue weighted by molar-refractivity contribution is 9.09. The predicted molar refractivity (Wildman–Crippen MR) is 83.2 cm³/mol. The molecule has 0 radical (unpaired) electrons. The lowest BCUT2D eigenvalue weighted by atomic mass is 10.0. The number of halogens is 5. The zero-order chi connectivity index (χ0) is 14.0. The molecule has 19 heavy (non-hydrogen) atoms. The maximum absolute atomic E-state index is 13.4. The minimum atomic E-state index is -0.419. The normalized spacial score (nSPS) is 12.5. The summed E-state index contributed by atoms with van der Waals surface area (Å²) < 4.78 is 13.4. The number of rotatable bonds is 3. The van der Waals surface area contributed by atoms with Crippen molar-refractivity contribution >= 4 is 50.7 Å². The van der Waals surface area contributed by atoms with Crippen molar-refractivity contribution in [2.24, 2.45) is 0 Å². The minimum Gasteiger partial charge on any atom is -0.205 e. The van der Waals surface area contributed by atoms with Crippen LogP contribution in [0.1, 0.15) is 16.0 Å². The summed E-state index contributed by atoms with van der Waals surface area (Å²) >= 11 is 21.3. The van der Waals surface area contributed by atoms with Gasteiger partial charge in [-0.25, -0.2) is 4.39 Å². The fraction of sp³-hybridized carbons (Fsp3) is 0.143. The van der Waals surface area contributed by atoms with Gasteiger partial charge >= 0.3 is 0 Å². The standard InChI is InChI=1S/C14H9BrCl3F/c15-10(9-2-1-3-13(19)14(9)18)6-8-4-5-11(16)12(17)7-8/h1-5,7,10H,6H2. The lowest BCUT2D eigenvalue weighted by Gasteiger charge is -2.13. The molecule has 1 unspecified atom stereocenters. The monoisotopic (exact) mass is 380 g/mol. The van der Waals surface area contributed by atoms with Gasteiger partial charge in [0.15, 0.2) is 0 Å². The Balaban J connectivity index is 2.23. The van der Waals surface area contributed by atoms with Crippen molar-refractivity contribution in [1.82, 2.24) is 0 Å². The Morgan fingerprint density at radius 2 is 1.79 bits per heavy atom. The molecule has 0 saturated heterocycles. The highest BCUT2D eigenvalue weighted by Gasteiger charge is 2.15. The topological polar surface area (TPSA) is 0 Å². The van der Waals surface area contributed by atoms with Gasteiger partial charge in [-0.15, -0.1) is 0 Å². The summed E-state index contributed by atoms with van der Waals surface area (Å²) in [6.45, 7) is 0. The molecule has 2 rings (SSSR count). The number of hydrogen-bond acceptors (Lipinski definition) is 0. The second kappa shape index (κ2) is 6.45. The zero-order valence-corrected chi connectivity index (χ0v) is 13.5. The molecule has 2 aromatic carbocycles. The third-order valence-electron chi connectivity index (χ3n) is 2.72. The Hall–Kier alpha value is -0.280. The van der Waals surface area contributed by atoms with Gasteiger partial charge in [0.2, 0.25) is 0 Å². The average molecular weight is 382 g/mol. The molecule has 0 fully saturated rings. The highest BCUT2D eigenvalue weighted by atomic mass is 79.9. The summed E-state index contributed by atoms with van der Waals surface area (Å²) in [6, 6.07) is 10.2. The highest BCUT2D eigenvalue weighted by Crippen LogP contribution is 2.34. The van der Waals surface area contributed by atoms with Gasteiger partial charge < -0.3 is 0 Å². The van der Waals surface area contributed by atoms with Gasteiger partial charge in [0, 0.05) is 4.83 Å². The van der Waals surface area contributed by atoms with Crippen molar-refractivity contribution in [1.29, 1.82) is 0 Å². The van der Waals surface area contributed by atoms with Crippen LogP contribution in [0.3, 0.4) is 0 Å². The minimum absolute atomic E-state index is 0.0899. The largest absolute Gasteiger partial charge is 0.205 e. The molecule has 1 atom stereocenters. The van der Waals surface area contributed by atoms with Crippen molar-refractivity contribution < 1.29 is 4.39 Å². The molecule has 0 saturated carbocycles. The van der Waals surface area contributed by atoms with Gasteiger partial charge in [0.25, 0.3) is 0 Å². The van der Waals surface area contributed by atoms with Crippen LogP contribution in [0.4, 0.5) is 4.39 Å². The van der Waals surface area contributed by atoms with Crippen molar-refractivity contribution in [2.45, 2.75) is 11.2 Å². The molecule has 0 amide bonds. The van der Waals surface area contributed by atoms with Gasteiger partial charge in [0.05, 0.1) is 15.1 Å². The molecule has 0 heterocycles. The summed E-state index contributed by atoms with van der Waals surface area (Å²) in [5.41, 5.74) is 1.71. The molecule has 0 N–H and O–H groups in total. The molecule has 5 heteroatoms. The second-order valence-electron chi connectivity index (χ2n) is 4.06. The Morgan fingerprint density at radius 3 is 2.47 bits per heavy atom. The number of alkyl halides is 1. The third kappa shape index (κ3) is 3.63. The molecular weight excluding hydrogens is 373 g/mol. The van der Waals surface area contributed by atoms with E-state index in [-0.39, 0.29) is 9.85 Å². The number of hydrogen-bond donors (Lipinski definition) is 0. The first kappa shape index (κ1) is 15.1. The van der Waals surface area contributed by atoms with Gasteiger partial charge in [-0.1, -0.05) is 68.9 Å². The lowest BCUT2D eigenvalue weighted by Crippen LogP contribution is -1.97. The summed E-state index contributed by atoms with van der Waals surface area (Å²) in [5, 5.41) is 1.16. The van der Waals surface area contributed by atoms with Crippen LogP contribution in [0.5, 0.6) is 0 Å². The SMILES string of the molecule is Fc1cccc(C(Br)Cc2ccc(Cl)c(Cl)c2)c1Cl.